The third-order valence-corrected chi connectivity index (χ3v) is 6.52. The Balaban J connectivity index is 1.59. The maximum Gasteiger partial charge on any atom is 0.163 e. The molecular formula is C28H28N2O. The summed E-state index contributed by atoms with van der Waals surface area (Å²) in [6.07, 6.45) is 1.38. The van der Waals surface area contributed by atoms with Crippen molar-refractivity contribution in [1.82, 2.24) is 0 Å². The van der Waals surface area contributed by atoms with Crippen LogP contribution in [0.2, 0.25) is 0 Å². The first-order chi connectivity index (χ1) is 15.1. The van der Waals surface area contributed by atoms with E-state index < -0.39 is 0 Å². The molecule has 2 aliphatic rings. The van der Waals surface area contributed by atoms with Crippen LogP contribution in [0.3, 0.4) is 0 Å². The fourth-order valence-corrected chi connectivity index (χ4v) is 4.78. The second kappa shape index (κ2) is 8.07. The van der Waals surface area contributed by atoms with Gasteiger partial charge in [0.15, 0.2) is 5.78 Å². The summed E-state index contributed by atoms with van der Waals surface area (Å²) in [5.41, 5.74) is 7.64. The number of ketones is 1. The van der Waals surface area contributed by atoms with E-state index in [9.17, 15) is 4.79 Å². The molecule has 3 heteroatoms. The summed E-state index contributed by atoms with van der Waals surface area (Å²) in [6, 6.07) is 27.2. The van der Waals surface area contributed by atoms with Crippen molar-refractivity contribution in [3.8, 4) is 0 Å². The highest BCUT2D eigenvalue weighted by Gasteiger charge is 2.35. The van der Waals surface area contributed by atoms with Gasteiger partial charge in [0.2, 0.25) is 0 Å². The van der Waals surface area contributed by atoms with Gasteiger partial charge in [-0.25, -0.2) is 0 Å². The lowest BCUT2D eigenvalue weighted by atomic mass is 9.78. The molecule has 2 N–H and O–H groups in total. The zero-order valence-electron chi connectivity index (χ0n) is 18.1. The molecule has 3 aromatic carbocycles. The Morgan fingerprint density at radius 2 is 1.45 bits per heavy atom. The molecule has 2 atom stereocenters. The van der Waals surface area contributed by atoms with E-state index in [0.717, 1.165) is 34.6 Å². The van der Waals surface area contributed by atoms with Gasteiger partial charge >= 0.3 is 0 Å². The van der Waals surface area contributed by atoms with Gasteiger partial charge in [-0.3, -0.25) is 4.79 Å². The lowest BCUT2D eigenvalue weighted by Gasteiger charge is -2.30. The lowest BCUT2D eigenvalue weighted by molar-refractivity contribution is -0.116. The number of allylic oxidation sites excluding steroid dienone is 1. The molecule has 0 saturated heterocycles. The van der Waals surface area contributed by atoms with Crippen molar-refractivity contribution in [1.29, 1.82) is 0 Å². The van der Waals surface area contributed by atoms with Crippen LogP contribution in [0, 0.1) is 0 Å². The van der Waals surface area contributed by atoms with Gasteiger partial charge in [0.05, 0.1) is 17.4 Å². The predicted octanol–water partition coefficient (Wildman–Crippen LogP) is 6.79. The number of anilines is 2. The summed E-state index contributed by atoms with van der Waals surface area (Å²) in [5.74, 6) is 0.909. The molecule has 0 spiro atoms. The number of fused-ring (bicyclic) bond motifs is 1. The molecule has 0 unspecified atom stereocenters. The summed E-state index contributed by atoms with van der Waals surface area (Å²) in [4.78, 5) is 13.5. The number of hydrogen-bond donors (Lipinski definition) is 2. The largest absolute Gasteiger partial charge is 0.372 e. The molecule has 31 heavy (non-hydrogen) atoms. The maximum absolute atomic E-state index is 13.5. The fourth-order valence-electron chi connectivity index (χ4n) is 4.78. The van der Waals surface area contributed by atoms with Crippen LogP contribution in [0.4, 0.5) is 11.4 Å². The van der Waals surface area contributed by atoms with Crippen LogP contribution in [-0.4, -0.2) is 5.78 Å². The molecule has 5 rings (SSSR count). The Morgan fingerprint density at radius 1 is 0.774 bits per heavy atom. The second-order valence-corrected chi connectivity index (χ2v) is 8.90. The van der Waals surface area contributed by atoms with Gasteiger partial charge < -0.3 is 10.6 Å². The first kappa shape index (κ1) is 19.6. The summed E-state index contributed by atoms with van der Waals surface area (Å²) < 4.78 is 0. The summed E-state index contributed by atoms with van der Waals surface area (Å²) in [6.45, 7) is 4.40. The average Bonchev–Trinajstić information content (AvgIpc) is 2.96. The molecule has 0 aromatic heterocycles. The average molecular weight is 409 g/mol. The monoisotopic (exact) mass is 408 g/mol. The Kier molecular flexibility index (Phi) is 5.11. The molecule has 1 heterocycles. The van der Waals surface area contributed by atoms with Crippen LogP contribution < -0.4 is 10.6 Å². The Hall–Kier alpha value is -3.33. The molecule has 0 fully saturated rings. The van der Waals surface area contributed by atoms with Crippen LogP contribution in [-0.2, 0) is 4.79 Å². The molecule has 0 saturated carbocycles. The van der Waals surface area contributed by atoms with Crippen molar-refractivity contribution >= 4 is 17.2 Å². The third kappa shape index (κ3) is 3.76. The number of para-hydroxylation sites is 2. The summed E-state index contributed by atoms with van der Waals surface area (Å²) in [7, 11) is 0. The van der Waals surface area contributed by atoms with Crippen LogP contribution in [0.1, 0.15) is 61.3 Å². The molecule has 3 aromatic rings. The SMILES string of the molecule is CC(C)c1ccc([C@@H]2Nc3ccccc3NC3=C2C(=O)C[C@@H](c2ccccc2)C3)cc1. The topological polar surface area (TPSA) is 41.1 Å². The number of nitrogens with one attached hydrogen (secondary N) is 2. The highest BCUT2D eigenvalue weighted by molar-refractivity contribution is 6.01. The summed E-state index contributed by atoms with van der Waals surface area (Å²) in [5, 5.41) is 7.28. The molecule has 0 amide bonds. The van der Waals surface area contributed by atoms with Crippen LogP contribution in [0.5, 0.6) is 0 Å². The van der Waals surface area contributed by atoms with Gasteiger partial charge in [-0.15, -0.1) is 0 Å². The Morgan fingerprint density at radius 3 is 2.16 bits per heavy atom. The van der Waals surface area contributed by atoms with Crippen LogP contribution in [0.25, 0.3) is 0 Å². The molecule has 1 aliphatic carbocycles. The minimum absolute atomic E-state index is 0.156. The van der Waals surface area contributed by atoms with Crippen molar-refractivity contribution < 1.29 is 4.79 Å². The van der Waals surface area contributed by atoms with E-state index in [-0.39, 0.29) is 17.7 Å². The maximum atomic E-state index is 13.5. The van der Waals surface area contributed by atoms with Crippen molar-refractivity contribution in [2.75, 3.05) is 10.6 Å². The van der Waals surface area contributed by atoms with Crippen molar-refractivity contribution in [2.45, 2.75) is 44.6 Å². The zero-order valence-corrected chi connectivity index (χ0v) is 18.1. The van der Waals surface area contributed by atoms with Crippen LogP contribution in [0.15, 0.2) is 90.1 Å². The van der Waals surface area contributed by atoms with Gasteiger partial charge in [-0.05, 0) is 47.1 Å². The Labute approximate surface area is 184 Å². The first-order valence-corrected chi connectivity index (χ1v) is 11.1. The molecule has 0 radical (unpaired) electrons. The van der Waals surface area contributed by atoms with Gasteiger partial charge in [0.1, 0.15) is 0 Å². The van der Waals surface area contributed by atoms with Crippen molar-refractivity contribution in [3.63, 3.8) is 0 Å². The van der Waals surface area contributed by atoms with Crippen LogP contribution >= 0.6 is 0 Å². The third-order valence-electron chi connectivity index (χ3n) is 6.52. The normalized spacial score (nSPS) is 20.4. The van der Waals surface area contributed by atoms with Crippen molar-refractivity contribution in [3.05, 3.63) is 107 Å². The molecule has 156 valence electrons. The minimum Gasteiger partial charge on any atom is -0.372 e. The smallest absolute Gasteiger partial charge is 0.163 e. The number of rotatable bonds is 3. The van der Waals surface area contributed by atoms with E-state index in [0.29, 0.717) is 12.3 Å². The van der Waals surface area contributed by atoms with Gasteiger partial charge in [-0.1, -0.05) is 80.6 Å². The predicted molar refractivity (Wildman–Crippen MR) is 127 cm³/mol. The van der Waals surface area contributed by atoms with E-state index in [1.165, 1.54) is 11.1 Å². The number of Topliss-reactive ketones (excluding diaryl/α,β-unsaturated/α-hetero) is 1. The first-order valence-electron chi connectivity index (χ1n) is 11.1. The van der Waals surface area contributed by atoms with E-state index in [4.69, 9.17) is 0 Å². The molecule has 3 nitrogen and oxygen atoms in total. The lowest BCUT2D eigenvalue weighted by Crippen LogP contribution is -2.26. The fraction of sp³-hybridized carbons (Fsp3) is 0.250. The van der Waals surface area contributed by atoms with Gasteiger partial charge in [-0.2, -0.15) is 0 Å². The van der Waals surface area contributed by atoms with E-state index in [2.05, 4.69) is 85.1 Å². The van der Waals surface area contributed by atoms with E-state index >= 15 is 0 Å². The molecule has 1 aliphatic heterocycles. The standard InChI is InChI=1S/C28H28N2O/c1-18(2)19-12-14-21(15-13-19)28-27-25(29-23-10-6-7-11-24(23)30-28)16-22(17-26(27)31)20-8-4-3-5-9-20/h3-15,18,22,28-30H,16-17H2,1-2H3/t22-,28-/m0/s1. The summed E-state index contributed by atoms with van der Waals surface area (Å²) >= 11 is 0. The number of benzene rings is 3. The number of hydrogen-bond acceptors (Lipinski definition) is 3. The van der Waals surface area contributed by atoms with E-state index in [1.807, 2.05) is 18.2 Å². The van der Waals surface area contributed by atoms with Crippen molar-refractivity contribution in [2.24, 2.45) is 0 Å². The highest BCUT2D eigenvalue weighted by atomic mass is 16.1. The minimum atomic E-state index is -0.156. The van der Waals surface area contributed by atoms with Gasteiger partial charge in [0.25, 0.3) is 0 Å². The molecular weight excluding hydrogens is 380 g/mol. The second-order valence-electron chi connectivity index (χ2n) is 8.90. The Bertz CT molecular complexity index is 1130. The highest BCUT2D eigenvalue weighted by Crippen LogP contribution is 2.44. The quantitative estimate of drug-likeness (QED) is 0.501. The number of carbonyl (C=O) groups is 1. The van der Waals surface area contributed by atoms with Gasteiger partial charge in [0, 0.05) is 17.7 Å². The zero-order chi connectivity index (χ0) is 21.4. The number of carbonyl (C=O) groups excluding carboxylic acids is 1. The molecule has 0 bridgehead atoms. The van der Waals surface area contributed by atoms with E-state index in [1.54, 1.807) is 0 Å².